The maximum absolute atomic E-state index is 3.68. The highest BCUT2D eigenvalue weighted by Gasteiger charge is 2.21. The number of hydrogen-bond acceptors (Lipinski definition) is 2. The second-order valence-corrected chi connectivity index (χ2v) is 6.29. The number of nitrogens with one attached hydrogen (secondary N) is 1. The van der Waals surface area contributed by atoms with Crippen molar-refractivity contribution in [3.63, 3.8) is 0 Å². The Hall–Kier alpha value is -0.380. The van der Waals surface area contributed by atoms with Gasteiger partial charge in [0.1, 0.15) is 0 Å². The second-order valence-electron chi connectivity index (χ2n) is 5.43. The lowest BCUT2D eigenvalue weighted by atomic mass is 10.0. The van der Waals surface area contributed by atoms with Crippen LogP contribution in [0.4, 0.5) is 0 Å². The third-order valence-corrected chi connectivity index (χ3v) is 4.90. The number of nitrogens with zero attached hydrogens (tertiary/aromatic N) is 1. The summed E-state index contributed by atoms with van der Waals surface area (Å²) in [5.74, 6) is 0. The third kappa shape index (κ3) is 4.04. The Kier molecular flexibility index (Phi) is 5.86. The zero-order chi connectivity index (χ0) is 13.7. The van der Waals surface area contributed by atoms with Crippen LogP contribution in [-0.4, -0.2) is 30.6 Å². The van der Waals surface area contributed by atoms with Gasteiger partial charge < -0.3 is 5.32 Å². The number of hydrogen-bond donors (Lipinski definition) is 1. The average molecular weight is 325 g/mol. The van der Waals surface area contributed by atoms with E-state index in [-0.39, 0.29) is 0 Å². The van der Waals surface area contributed by atoms with Crippen molar-refractivity contribution in [2.75, 3.05) is 19.6 Å². The molecule has 2 rings (SSSR count). The first-order valence-corrected chi connectivity index (χ1v) is 8.23. The summed E-state index contributed by atoms with van der Waals surface area (Å²) in [5, 5.41) is 3.65. The zero-order valence-corrected chi connectivity index (χ0v) is 13.6. The van der Waals surface area contributed by atoms with Crippen LogP contribution in [0.15, 0.2) is 28.7 Å². The fourth-order valence-electron chi connectivity index (χ4n) is 2.93. The quantitative estimate of drug-likeness (QED) is 0.881. The molecule has 0 radical (unpaired) electrons. The lowest BCUT2D eigenvalue weighted by Gasteiger charge is -2.34. The fourth-order valence-corrected chi connectivity index (χ4v) is 3.55. The van der Waals surface area contributed by atoms with E-state index >= 15 is 0 Å². The third-order valence-electron chi connectivity index (χ3n) is 4.18. The van der Waals surface area contributed by atoms with E-state index in [9.17, 15) is 0 Å². The molecule has 1 saturated heterocycles. The molecule has 2 nitrogen and oxygen atoms in total. The van der Waals surface area contributed by atoms with Crippen LogP contribution >= 0.6 is 15.9 Å². The molecule has 1 aliphatic rings. The molecule has 0 bridgehead atoms. The molecule has 0 amide bonds. The van der Waals surface area contributed by atoms with Crippen molar-refractivity contribution in [2.24, 2.45) is 0 Å². The second kappa shape index (κ2) is 7.41. The average Bonchev–Trinajstić information content (AvgIpc) is 2.46. The zero-order valence-electron chi connectivity index (χ0n) is 12.0. The molecule has 0 aliphatic carbocycles. The molecule has 19 heavy (non-hydrogen) atoms. The van der Waals surface area contributed by atoms with Crippen molar-refractivity contribution >= 4 is 15.9 Å². The fraction of sp³-hybridized carbons (Fsp3) is 0.625. The van der Waals surface area contributed by atoms with E-state index < -0.39 is 0 Å². The molecule has 2 atom stereocenters. The number of benzene rings is 1. The van der Waals surface area contributed by atoms with E-state index in [4.69, 9.17) is 0 Å². The summed E-state index contributed by atoms with van der Waals surface area (Å²) in [6.45, 7) is 8.01. The van der Waals surface area contributed by atoms with Gasteiger partial charge in [-0.3, -0.25) is 4.90 Å². The normalized spacial score (nSPS) is 21.6. The number of piperidine rings is 1. The minimum Gasteiger partial charge on any atom is -0.313 e. The number of likely N-dealkylation sites (N-methyl/N-ethyl adjacent to an activating group) is 1. The monoisotopic (exact) mass is 324 g/mol. The Morgan fingerprint density at radius 1 is 1.37 bits per heavy atom. The van der Waals surface area contributed by atoms with Crippen molar-refractivity contribution in [1.82, 2.24) is 10.2 Å². The largest absolute Gasteiger partial charge is 0.313 e. The van der Waals surface area contributed by atoms with Crippen molar-refractivity contribution in [1.29, 1.82) is 0 Å². The van der Waals surface area contributed by atoms with Gasteiger partial charge in [-0.25, -0.2) is 0 Å². The molecule has 0 saturated carbocycles. The van der Waals surface area contributed by atoms with Gasteiger partial charge in [-0.15, -0.1) is 0 Å². The van der Waals surface area contributed by atoms with Gasteiger partial charge in [0.15, 0.2) is 0 Å². The highest BCUT2D eigenvalue weighted by Crippen LogP contribution is 2.27. The topological polar surface area (TPSA) is 15.3 Å². The molecule has 0 aromatic heterocycles. The summed E-state index contributed by atoms with van der Waals surface area (Å²) >= 11 is 3.68. The van der Waals surface area contributed by atoms with E-state index in [0.717, 1.165) is 13.1 Å². The van der Waals surface area contributed by atoms with Crippen LogP contribution in [0.3, 0.4) is 0 Å². The maximum Gasteiger partial charge on any atom is 0.0331 e. The van der Waals surface area contributed by atoms with Gasteiger partial charge in [-0.1, -0.05) is 47.5 Å². The Morgan fingerprint density at radius 3 is 2.79 bits per heavy atom. The van der Waals surface area contributed by atoms with Crippen LogP contribution in [0.2, 0.25) is 0 Å². The summed E-state index contributed by atoms with van der Waals surface area (Å²) in [4.78, 5) is 2.57. The van der Waals surface area contributed by atoms with Crippen molar-refractivity contribution in [3.05, 3.63) is 34.3 Å². The van der Waals surface area contributed by atoms with Crippen molar-refractivity contribution in [2.45, 2.75) is 45.2 Å². The lowest BCUT2D eigenvalue weighted by Crippen LogP contribution is -2.44. The smallest absolute Gasteiger partial charge is 0.0331 e. The first-order valence-electron chi connectivity index (χ1n) is 7.44. The predicted octanol–water partition coefficient (Wildman–Crippen LogP) is 3.97. The van der Waals surface area contributed by atoms with Crippen LogP contribution in [-0.2, 0) is 0 Å². The molecule has 1 N–H and O–H groups in total. The van der Waals surface area contributed by atoms with E-state index in [0.29, 0.717) is 12.1 Å². The molecule has 3 heteroatoms. The summed E-state index contributed by atoms with van der Waals surface area (Å²) in [7, 11) is 0. The van der Waals surface area contributed by atoms with Crippen LogP contribution in [0.25, 0.3) is 0 Å². The van der Waals surface area contributed by atoms with Gasteiger partial charge in [0, 0.05) is 23.1 Å². The molecule has 1 fully saturated rings. The summed E-state index contributed by atoms with van der Waals surface area (Å²) < 4.78 is 1.22. The minimum absolute atomic E-state index is 0.462. The summed E-state index contributed by atoms with van der Waals surface area (Å²) in [6.07, 6.45) is 4.03. The van der Waals surface area contributed by atoms with E-state index in [2.05, 4.69) is 64.3 Å². The molecular formula is C16H25BrN2. The van der Waals surface area contributed by atoms with Crippen molar-refractivity contribution < 1.29 is 0 Å². The highest BCUT2D eigenvalue weighted by atomic mass is 79.9. The molecule has 1 aromatic rings. The molecule has 0 spiro atoms. The van der Waals surface area contributed by atoms with Gasteiger partial charge in [0.05, 0.1) is 0 Å². The van der Waals surface area contributed by atoms with Crippen molar-refractivity contribution in [3.8, 4) is 0 Å². The van der Waals surface area contributed by atoms with Gasteiger partial charge in [0.2, 0.25) is 0 Å². The standard InChI is InChI=1S/C16H25BrN2/c1-3-19(12-14-8-6-7-11-18-14)13(2)15-9-4-5-10-16(15)17/h4-5,9-10,13-14,18H,3,6-8,11-12H2,1-2H3. The van der Waals surface area contributed by atoms with Gasteiger partial charge in [-0.2, -0.15) is 0 Å². The van der Waals surface area contributed by atoms with E-state index in [1.165, 1.54) is 35.8 Å². The minimum atomic E-state index is 0.462. The Balaban J connectivity index is 2.02. The Morgan fingerprint density at radius 2 is 2.16 bits per heavy atom. The molecule has 1 aliphatic heterocycles. The molecular weight excluding hydrogens is 300 g/mol. The van der Waals surface area contributed by atoms with Gasteiger partial charge in [0.25, 0.3) is 0 Å². The van der Waals surface area contributed by atoms with Crippen LogP contribution in [0.1, 0.15) is 44.7 Å². The predicted molar refractivity (Wildman–Crippen MR) is 85.4 cm³/mol. The van der Waals surface area contributed by atoms with Gasteiger partial charge in [-0.05, 0) is 44.5 Å². The van der Waals surface area contributed by atoms with Crippen LogP contribution < -0.4 is 5.32 Å². The van der Waals surface area contributed by atoms with Gasteiger partial charge >= 0.3 is 0 Å². The Labute approximate surface area is 125 Å². The SMILES string of the molecule is CCN(CC1CCCCN1)C(C)c1ccccc1Br. The number of rotatable bonds is 5. The summed E-state index contributed by atoms with van der Waals surface area (Å²) in [6, 6.07) is 9.70. The van der Waals surface area contributed by atoms with E-state index in [1.807, 2.05) is 0 Å². The summed E-state index contributed by atoms with van der Waals surface area (Å²) in [5.41, 5.74) is 1.39. The molecule has 1 aromatic carbocycles. The maximum atomic E-state index is 3.68. The van der Waals surface area contributed by atoms with Crippen LogP contribution in [0.5, 0.6) is 0 Å². The number of halogens is 1. The lowest BCUT2D eigenvalue weighted by molar-refractivity contribution is 0.184. The Bertz CT molecular complexity index is 388. The van der Waals surface area contributed by atoms with Crippen LogP contribution in [0, 0.1) is 0 Å². The highest BCUT2D eigenvalue weighted by molar-refractivity contribution is 9.10. The first-order chi connectivity index (χ1) is 9.22. The molecule has 1 heterocycles. The molecule has 106 valence electrons. The van der Waals surface area contributed by atoms with E-state index in [1.54, 1.807) is 0 Å². The first kappa shape index (κ1) is 15.0. The molecule has 2 unspecified atom stereocenters.